The van der Waals surface area contributed by atoms with Crippen LogP contribution in [0.15, 0.2) is 28.9 Å². The molecule has 88 valence electrons. The number of nitrogens with zero attached hydrogens (tertiary/aromatic N) is 1. The average molecular weight is 233 g/mol. The summed E-state index contributed by atoms with van der Waals surface area (Å²) in [5.41, 5.74) is 1.53. The lowest BCUT2D eigenvalue weighted by Gasteiger charge is -2.05. The van der Waals surface area contributed by atoms with Crippen molar-refractivity contribution in [1.29, 1.82) is 0 Å². The highest BCUT2D eigenvalue weighted by Gasteiger charge is 2.15. The maximum atomic E-state index is 10.7. The van der Waals surface area contributed by atoms with Gasteiger partial charge in [0.2, 0.25) is 5.89 Å². The van der Waals surface area contributed by atoms with Gasteiger partial charge in [-0.25, -0.2) is 9.78 Å². The number of rotatable bonds is 3. The standard InChI is InChI=1S/C12H11NO4/c1-7-3-4-10(16-2)8(5-7)11-13-9(6-17-11)12(14)15/h3-6H,1-2H3,(H,14,15). The van der Waals surface area contributed by atoms with E-state index in [1.807, 2.05) is 19.1 Å². The van der Waals surface area contributed by atoms with Crippen LogP contribution in [0.25, 0.3) is 11.5 Å². The van der Waals surface area contributed by atoms with E-state index in [-0.39, 0.29) is 11.6 Å². The van der Waals surface area contributed by atoms with Gasteiger partial charge in [0.1, 0.15) is 12.0 Å². The molecular formula is C12H11NO4. The van der Waals surface area contributed by atoms with Crippen LogP contribution in [0.5, 0.6) is 5.75 Å². The topological polar surface area (TPSA) is 72.6 Å². The van der Waals surface area contributed by atoms with Gasteiger partial charge in [0, 0.05) is 0 Å². The van der Waals surface area contributed by atoms with Gasteiger partial charge < -0.3 is 14.3 Å². The van der Waals surface area contributed by atoms with E-state index >= 15 is 0 Å². The van der Waals surface area contributed by atoms with E-state index in [1.54, 1.807) is 6.07 Å². The third-order valence-electron chi connectivity index (χ3n) is 2.31. The first-order valence-corrected chi connectivity index (χ1v) is 4.95. The molecule has 0 spiro atoms. The van der Waals surface area contributed by atoms with Crippen LogP contribution >= 0.6 is 0 Å². The smallest absolute Gasteiger partial charge is 0.357 e. The average Bonchev–Trinajstić information content (AvgIpc) is 2.78. The summed E-state index contributed by atoms with van der Waals surface area (Å²) in [5, 5.41) is 8.77. The van der Waals surface area contributed by atoms with Gasteiger partial charge in [0.15, 0.2) is 5.69 Å². The SMILES string of the molecule is COc1ccc(C)cc1-c1nc(C(=O)O)co1. The zero-order valence-corrected chi connectivity index (χ0v) is 9.43. The Morgan fingerprint density at radius 3 is 2.82 bits per heavy atom. The van der Waals surface area contributed by atoms with Crippen molar-refractivity contribution in [2.75, 3.05) is 7.11 Å². The summed E-state index contributed by atoms with van der Waals surface area (Å²) < 4.78 is 10.3. The molecule has 0 unspecified atom stereocenters. The third kappa shape index (κ3) is 2.13. The molecular weight excluding hydrogens is 222 g/mol. The molecule has 1 aromatic heterocycles. The highest BCUT2D eigenvalue weighted by molar-refractivity contribution is 5.85. The molecule has 1 heterocycles. The van der Waals surface area contributed by atoms with Crippen LogP contribution in [0.1, 0.15) is 16.1 Å². The van der Waals surface area contributed by atoms with E-state index in [1.165, 1.54) is 7.11 Å². The number of carboxylic acid groups (broad SMARTS) is 1. The van der Waals surface area contributed by atoms with E-state index in [0.29, 0.717) is 11.3 Å². The Balaban J connectivity index is 2.51. The number of hydrogen-bond acceptors (Lipinski definition) is 4. The fourth-order valence-electron chi connectivity index (χ4n) is 1.48. The fourth-order valence-corrected chi connectivity index (χ4v) is 1.48. The van der Waals surface area contributed by atoms with E-state index < -0.39 is 5.97 Å². The molecule has 0 aliphatic heterocycles. The van der Waals surface area contributed by atoms with Gasteiger partial charge in [-0.2, -0.15) is 0 Å². The predicted octanol–water partition coefficient (Wildman–Crippen LogP) is 2.36. The molecule has 0 bridgehead atoms. The number of aromatic nitrogens is 1. The second-order valence-corrected chi connectivity index (χ2v) is 3.55. The maximum absolute atomic E-state index is 10.7. The fraction of sp³-hybridized carbons (Fsp3) is 0.167. The van der Waals surface area contributed by atoms with Gasteiger partial charge in [0.05, 0.1) is 12.7 Å². The first-order valence-electron chi connectivity index (χ1n) is 4.95. The lowest BCUT2D eigenvalue weighted by atomic mass is 10.1. The molecule has 0 radical (unpaired) electrons. The van der Waals surface area contributed by atoms with Crippen LogP contribution in [0, 0.1) is 6.92 Å². The predicted molar refractivity (Wildman–Crippen MR) is 60.2 cm³/mol. The largest absolute Gasteiger partial charge is 0.496 e. The van der Waals surface area contributed by atoms with Crippen molar-refractivity contribution in [3.05, 3.63) is 35.7 Å². The van der Waals surface area contributed by atoms with E-state index in [4.69, 9.17) is 14.3 Å². The summed E-state index contributed by atoms with van der Waals surface area (Å²) in [6.07, 6.45) is 1.11. The van der Waals surface area contributed by atoms with Gasteiger partial charge in [-0.05, 0) is 19.1 Å². The highest BCUT2D eigenvalue weighted by atomic mass is 16.5. The van der Waals surface area contributed by atoms with E-state index in [0.717, 1.165) is 11.8 Å². The molecule has 2 rings (SSSR count). The molecule has 0 atom stereocenters. The van der Waals surface area contributed by atoms with Gasteiger partial charge in [0.25, 0.3) is 0 Å². The molecule has 1 N–H and O–H groups in total. The second-order valence-electron chi connectivity index (χ2n) is 3.55. The number of methoxy groups -OCH3 is 1. The van der Waals surface area contributed by atoms with E-state index in [2.05, 4.69) is 4.98 Å². The normalized spacial score (nSPS) is 10.2. The molecule has 0 fully saturated rings. The number of carboxylic acids is 1. The summed E-state index contributed by atoms with van der Waals surface area (Å²) in [4.78, 5) is 14.6. The number of ether oxygens (including phenoxy) is 1. The zero-order chi connectivity index (χ0) is 12.4. The van der Waals surface area contributed by atoms with Gasteiger partial charge in [-0.1, -0.05) is 11.6 Å². The Hall–Kier alpha value is -2.30. The molecule has 0 amide bonds. The van der Waals surface area contributed by atoms with Crippen molar-refractivity contribution in [1.82, 2.24) is 4.98 Å². The summed E-state index contributed by atoms with van der Waals surface area (Å²) in [6, 6.07) is 5.51. The highest BCUT2D eigenvalue weighted by Crippen LogP contribution is 2.30. The summed E-state index contributed by atoms with van der Waals surface area (Å²) in [6.45, 7) is 1.92. The second kappa shape index (κ2) is 4.29. The number of aryl methyl sites for hydroxylation is 1. The Morgan fingerprint density at radius 2 is 2.24 bits per heavy atom. The minimum atomic E-state index is -1.12. The molecule has 0 aliphatic carbocycles. The van der Waals surface area contributed by atoms with Crippen LogP contribution in [-0.2, 0) is 0 Å². The van der Waals surface area contributed by atoms with Crippen molar-refractivity contribution in [2.24, 2.45) is 0 Å². The van der Waals surface area contributed by atoms with Crippen molar-refractivity contribution >= 4 is 5.97 Å². The van der Waals surface area contributed by atoms with Crippen LogP contribution < -0.4 is 4.74 Å². The molecule has 0 saturated heterocycles. The van der Waals surface area contributed by atoms with Crippen LogP contribution in [0.4, 0.5) is 0 Å². The van der Waals surface area contributed by atoms with Crippen molar-refractivity contribution in [3.8, 4) is 17.2 Å². The van der Waals surface area contributed by atoms with Crippen LogP contribution in [-0.4, -0.2) is 23.2 Å². The monoisotopic (exact) mass is 233 g/mol. The quantitative estimate of drug-likeness (QED) is 0.880. The first kappa shape index (κ1) is 11.2. The molecule has 0 saturated carbocycles. The molecule has 2 aromatic rings. The molecule has 17 heavy (non-hydrogen) atoms. The lowest BCUT2D eigenvalue weighted by molar-refractivity contribution is 0.0690. The first-order chi connectivity index (χ1) is 8.11. The minimum absolute atomic E-state index is 0.122. The molecule has 0 aliphatic rings. The van der Waals surface area contributed by atoms with Gasteiger partial charge >= 0.3 is 5.97 Å². The summed E-state index contributed by atoms with van der Waals surface area (Å²) >= 11 is 0. The number of oxazole rings is 1. The molecule has 1 aromatic carbocycles. The Morgan fingerprint density at radius 1 is 1.47 bits per heavy atom. The van der Waals surface area contributed by atoms with Crippen LogP contribution in [0.2, 0.25) is 0 Å². The number of aromatic carboxylic acids is 1. The Kier molecular flexibility index (Phi) is 2.82. The van der Waals surface area contributed by atoms with Crippen molar-refractivity contribution < 1.29 is 19.1 Å². The lowest BCUT2D eigenvalue weighted by Crippen LogP contribution is -1.96. The van der Waals surface area contributed by atoms with Crippen molar-refractivity contribution in [3.63, 3.8) is 0 Å². The minimum Gasteiger partial charge on any atom is -0.496 e. The Bertz CT molecular complexity index is 559. The summed E-state index contributed by atoms with van der Waals surface area (Å²) in [7, 11) is 1.54. The number of benzene rings is 1. The van der Waals surface area contributed by atoms with Gasteiger partial charge in [-0.3, -0.25) is 0 Å². The summed E-state index contributed by atoms with van der Waals surface area (Å²) in [5.74, 6) is -0.288. The van der Waals surface area contributed by atoms with Crippen molar-refractivity contribution in [2.45, 2.75) is 6.92 Å². The van der Waals surface area contributed by atoms with E-state index in [9.17, 15) is 4.79 Å². The third-order valence-corrected chi connectivity index (χ3v) is 2.31. The Labute approximate surface area is 97.7 Å². The number of hydrogen-bond donors (Lipinski definition) is 1. The zero-order valence-electron chi connectivity index (χ0n) is 9.43. The van der Waals surface area contributed by atoms with Gasteiger partial charge in [-0.15, -0.1) is 0 Å². The number of carbonyl (C=O) groups is 1. The molecule has 5 heteroatoms. The maximum Gasteiger partial charge on any atom is 0.357 e. The molecule has 5 nitrogen and oxygen atoms in total. The van der Waals surface area contributed by atoms with Crippen LogP contribution in [0.3, 0.4) is 0 Å².